The first-order valence-corrected chi connectivity index (χ1v) is 9.94. The van der Waals surface area contributed by atoms with Crippen molar-refractivity contribution in [3.63, 3.8) is 0 Å². The van der Waals surface area contributed by atoms with Gasteiger partial charge in [-0.3, -0.25) is 9.48 Å². The Kier molecular flexibility index (Phi) is 7.01. The second-order valence-electron chi connectivity index (χ2n) is 6.10. The van der Waals surface area contributed by atoms with Gasteiger partial charge >= 0.3 is 0 Å². The van der Waals surface area contributed by atoms with E-state index in [2.05, 4.69) is 10.4 Å². The monoisotopic (exact) mass is 433 g/mol. The fraction of sp³-hybridized carbons (Fsp3) is 0.238. The Morgan fingerprint density at radius 3 is 2.48 bits per heavy atom. The SMILES string of the molecule is CCOc1ccc(C(=O)Nc2nn(Cc3ccccc3Cl)cc2Cl)cc1OCC. The molecule has 0 aliphatic carbocycles. The van der Waals surface area contributed by atoms with Crippen molar-refractivity contribution in [2.45, 2.75) is 20.4 Å². The molecule has 0 atom stereocenters. The molecule has 3 aromatic rings. The Labute approximate surface area is 179 Å². The summed E-state index contributed by atoms with van der Waals surface area (Å²) in [6.07, 6.45) is 1.64. The third-order valence-electron chi connectivity index (χ3n) is 4.04. The summed E-state index contributed by atoms with van der Waals surface area (Å²) in [4.78, 5) is 12.7. The number of hydrogen-bond donors (Lipinski definition) is 1. The van der Waals surface area contributed by atoms with Gasteiger partial charge in [-0.15, -0.1) is 0 Å². The number of nitrogens with one attached hydrogen (secondary N) is 1. The quantitative estimate of drug-likeness (QED) is 0.524. The standard InChI is InChI=1S/C21H21Cl2N3O3/c1-3-28-18-10-9-14(11-19(18)29-4-2)21(27)24-20-17(23)13-26(25-20)12-15-7-5-6-8-16(15)22/h5-11,13H,3-4,12H2,1-2H3,(H,24,25,27). The van der Waals surface area contributed by atoms with Gasteiger partial charge in [-0.1, -0.05) is 41.4 Å². The summed E-state index contributed by atoms with van der Waals surface area (Å²) in [5.74, 6) is 1.03. The molecular weight excluding hydrogens is 413 g/mol. The normalized spacial score (nSPS) is 10.6. The first kappa shape index (κ1) is 21.0. The van der Waals surface area contributed by atoms with Crippen LogP contribution in [0, 0.1) is 0 Å². The highest BCUT2D eigenvalue weighted by Crippen LogP contribution is 2.29. The highest BCUT2D eigenvalue weighted by Gasteiger charge is 2.15. The minimum atomic E-state index is -0.348. The highest BCUT2D eigenvalue weighted by molar-refractivity contribution is 6.33. The molecule has 3 rings (SSSR count). The van der Waals surface area contributed by atoms with Crippen molar-refractivity contribution < 1.29 is 14.3 Å². The number of ether oxygens (including phenoxy) is 2. The summed E-state index contributed by atoms with van der Waals surface area (Å²) < 4.78 is 12.7. The maximum absolute atomic E-state index is 12.7. The summed E-state index contributed by atoms with van der Waals surface area (Å²) >= 11 is 12.4. The molecule has 0 radical (unpaired) electrons. The molecule has 152 valence electrons. The van der Waals surface area contributed by atoms with Gasteiger partial charge in [0.25, 0.3) is 5.91 Å². The molecule has 0 fully saturated rings. The molecule has 1 heterocycles. The Balaban J connectivity index is 1.76. The molecular formula is C21H21Cl2N3O3. The number of hydrogen-bond acceptors (Lipinski definition) is 4. The lowest BCUT2D eigenvalue weighted by atomic mass is 10.2. The van der Waals surface area contributed by atoms with Crippen LogP contribution in [0.5, 0.6) is 11.5 Å². The molecule has 0 unspecified atom stereocenters. The lowest BCUT2D eigenvalue weighted by Crippen LogP contribution is -2.13. The predicted molar refractivity (Wildman–Crippen MR) is 115 cm³/mol. The second kappa shape index (κ2) is 9.67. The van der Waals surface area contributed by atoms with Crippen LogP contribution in [-0.2, 0) is 6.54 Å². The van der Waals surface area contributed by atoms with Crippen LogP contribution >= 0.6 is 23.2 Å². The Morgan fingerprint density at radius 1 is 1.03 bits per heavy atom. The van der Waals surface area contributed by atoms with Crippen LogP contribution < -0.4 is 14.8 Å². The Bertz CT molecular complexity index is 1000. The number of halogens is 2. The lowest BCUT2D eigenvalue weighted by Gasteiger charge is -2.12. The van der Waals surface area contributed by atoms with E-state index in [0.29, 0.717) is 46.9 Å². The van der Waals surface area contributed by atoms with Gasteiger partial charge in [0.1, 0.15) is 5.02 Å². The maximum Gasteiger partial charge on any atom is 0.257 e. The lowest BCUT2D eigenvalue weighted by molar-refractivity contribution is 0.102. The third-order valence-corrected chi connectivity index (χ3v) is 4.69. The van der Waals surface area contributed by atoms with E-state index in [1.54, 1.807) is 29.1 Å². The molecule has 2 aromatic carbocycles. The van der Waals surface area contributed by atoms with Crippen LogP contribution in [0.3, 0.4) is 0 Å². The predicted octanol–water partition coefficient (Wildman–Crippen LogP) is 5.29. The largest absolute Gasteiger partial charge is 0.490 e. The maximum atomic E-state index is 12.7. The molecule has 1 aromatic heterocycles. The second-order valence-corrected chi connectivity index (χ2v) is 6.91. The van der Waals surface area contributed by atoms with Gasteiger partial charge in [0, 0.05) is 16.8 Å². The number of carbonyl (C=O) groups excluding carboxylic acids is 1. The van der Waals surface area contributed by atoms with E-state index in [9.17, 15) is 4.79 Å². The first-order chi connectivity index (χ1) is 14.0. The summed E-state index contributed by atoms with van der Waals surface area (Å²) in [7, 11) is 0. The number of anilines is 1. The first-order valence-electron chi connectivity index (χ1n) is 9.19. The van der Waals surface area contributed by atoms with E-state index < -0.39 is 0 Å². The molecule has 29 heavy (non-hydrogen) atoms. The molecule has 1 amide bonds. The molecule has 0 aliphatic rings. The van der Waals surface area contributed by atoms with Crippen molar-refractivity contribution in [3.8, 4) is 11.5 Å². The van der Waals surface area contributed by atoms with E-state index in [1.807, 2.05) is 38.1 Å². The van der Waals surface area contributed by atoms with Crippen LogP contribution in [0.15, 0.2) is 48.7 Å². The molecule has 0 bridgehead atoms. The van der Waals surface area contributed by atoms with Gasteiger partial charge in [0.2, 0.25) is 0 Å². The van der Waals surface area contributed by atoms with Crippen molar-refractivity contribution in [2.75, 3.05) is 18.5 Å². The Morgan fingerprint density at radius 2 is 1.76 bits per heavy atom. The van der Waals surface area contributed by atoms with Crippen LogP contribution in [0.25, 0.3) is 0 Å². The fourth-order valence-electron chi connectivity index (χ4n) is 2.74. The van der Waals surface area contributed by atoms with Crippen molar-refractivity contribution in [1.82, 2.24) is 9.78 Å². The van der Waals surface area contributed by atoms with Crippen LogP contribution in [0.2, 0.25) is 10.0 Å². The van der Waals surface area contributed by atoms with Crippen LogP contribution in [-0.4, -0.2) is 28.9 Å². The van der Waals surface area contributed by atoms with Crippen molar-refractivity contribution in [2.24, 2.45) is 0 Å². The average molecular weight is 434 g/mol. The van der Waals surface area contributed by atoms with Gasteiger partial charge in [0.05, 0.1) is 19.8 Å². The molecule has 0 aliphatic heterocycles. The molecule has 0 saturated heterocycles. The zero-order chi connectivity index (χ0) is 20.8. The molecule has 6 nitrogen and oxygen atoms in total. The van der Waals surface area contributed by atoms with Crippen LogP contribution in [0.1, 0.15) is 29.8 Å². The molecule has 8 heteroatoms. The number of nitrogens with zero attached hydrogens (tertiary/aromatic N) is 2. The summed E-state index contributed by atoms with van der Waals surface area (Å²) in [6, 6.07) is 12.5. The van der Waals surface area contributed by atoms with Gasteiger partial charge < -0.3 is 14.8 Å². The van der Waals surface area contributed by atoms with Gasteiger partial charge in [-0.25, -0.2) is 0 Å². The smallest absolute Gasteiger partial charge is 0.257 e. The topological polar surface area (TPSA) is 65.4 Å². The zero-order valence-corrected chi connectivity index (χ0v) is 17.6. The number of carbonyl (C=O) groups is 1. The summed E-state index contributed by atoms with van der Waals surface area (Å²) in [6.45, 7) is 5.16. The van der Waals surface area contributed by atoms with E-state index in [0.717, 1.165) is 5.56 Å². The van der Waals surface area contributed by atoms with Crippen molar-refractivity contribution in [1.29, 1.82) is 0 Å². The Hall–Kier alpha value is -2.70. The van der Waals surface area contributed by atoms with E-state index >= 15 is 0 Å². The number of amides is 1. The number of benzene rings is 2. The third kappa shape index (κ3) is 5.22. The van der Waals surface area contributed by atoms with Gasteiger partial charge in [-0.2, -0.15) is 5.10 Å². The van der Waals surface area contributed by atoms with Crippen molar-refractivity contribution in [3.05, 3.63) is 69.8 Å². The molecule has 0 spiro atoms. The fourth-order valence-corrected chi connectivity index (χ4v) is 3.13. The average Bonchev–Trinajstić information content (AvgIpc) is 3.04. The summed E-state index contributed by atoms with van der Waals surface area (Å²) in [5.41, 5.74) is 1.31. The van der Waals surface area contributed by atoms with Crippen LogP contribution in [0.4, 0.5) is 5.82 Å². The molecule has 1 N–H and O–H groups in total. The number of aromatic nitrogens is 2. The minimum Gasteiger partial charge on any atom is -0.490 e. The van der Waals surface area contributed by atoms with E-state index in [4.69, 9.17) is 32.7 Å². The van der Waals surface area contributed by atoms with E-state index in [1.165, 1.54) is 0 Å². The van der Waals surface area contributed by atoms with E-state index in [-0.39, 0.29) is 11.7 Å². The zero-order valence-electron chi connectivity index (χ0n) is 16.1. The van der Waals surface area contributed by atoms with Gasteiger partial charge in [0.15, 0.2) is 17.3 Å². The minimum absolute atomic E-state index is 0.274. The van der Waals surface area contributed by atoms with Gasteiger partial charge in [-0.05, 0) is 43.7 Å². The summed E-state index contributed by atoms with van der Waals surface area (Å²) in [5, 5.41) is 8.07. The highest BCUT2D eigenvalue weighted by atomic mass is 35.5. The molecule has 0 saturated carbocycles. The van der Waals surface area contributed by atoms with Crippen molar-refractivity contribution >= 4 is 34.9 Å². The number of rotatable bonds is 8.